The lowest BCUT2D eigenvalue weighted by molar-refractivity contribution is -0.155. The summed E-state index contributed by atoms with van der Waals surface area (Å²) in [6.45, 7) is -0.426. The molecule has 2 aromatic carbocycles. The van der Waals surface area contributed by atoms with E-state index in [1.165, 1.54) is 7.05 Å². The van der Waals surface area contributed by atoms with E-state index in [1.807, 2.05) is 0 Å². The van der Waals surface area contributed by atoms with Crippen LogP contribution in [0.25, 0.3) is 0 Å². The molecule has 0 saturated heterocycles. The van der Waals surface area contributed by atoms with Crippen molar-refractivity contribution in [1.82, 2.24) is 16.0 Å². The van der Waals surface area contributed by atoms with Crippen molar-refractivity contribution in [2.45, 2.75) is 6.10 Å². The Bertz CT molecular complexity index is 809. The molecule has 2 aromatic rings. The molecule has 0 aliphatic carbocycles. The van der Waals surface area contributed by atoms with Gasteiger partial charge in [0.15, 0.2) is 0 Å². The summed E-state index contributed by atoms with van der Waals surface area (Å²) in [5.41, 5.74) is 0.781. The molecule has 8 heteroatoms. The minimum Gasteiger partial charge on any atom is -0.446 e. The third kappa shape index (κ3) is 5.96. The monoisotopic (exact) mass is 369 g/mol. The first-order chi connectivity index (χ1) is 13.0. The number of hydrogen-bond donors (Lipinski definition) is 3. The quantitative estimate of drug-likeness (QED) is 0.661. The van der Waals surface area contributed by atoms with Crippen molar-refractivity contribution in [3.63, 3.8) is 0 Å². The normalized spacial score (nSPS) is 11.0. The molecule has 0 aliphatic heterocycles. The number of hydrogen-bond acceptors (Lipinski definition) is 5. The van der Waals surface area contributed by atoms with Gasteiger partial charge < -0.3 is 15.4 Å². The molecule has 4 amide bonds. The number of benzene rings is 2. The van der Waals surface area contributed by atoms with Crippen LogP contribution in [-0.2, 0) is 14.3 Å². The molecule has 27 heavy (non-hydrogen) atoms. The number of imide groups is 1. The molecule has 0 heterocycles. The number of ether oxygens (including phenoxy) is 1. The van der Waals surface area contributed by atoms with Gasteiger partial charge in [-0.1, -0.05) is 48.5 Å². The van der Waals surface area contributed by atoms with E-state index in [0.29, 0.717) is 11.1 Å². The zero-order valence-corrected chi connectivity index (χ0v) is 14.6. The van der Waals surface area contributed by atoms with E-state index in [-0.39, 0.29) is 0 Å². The van der Waals surface area contributed by atoms with E-state index < -0.39 is 36.5 Å². The van der Waals surface area contributed by atoms with Crippen LogP contribution in [-0.4, -0.2) is 37.4 Å². The highest BCUT2D eigenvalue weighted by atomic mass is 16.5. The summed E-state index contributed by atoms with van der Waals surface area (Å²) in [4.78, 5) is 47.7. The Morgan fingerprint density at radius 3 is 2.11 bits per heavy atom. The summed E-state index contributed by atoms with van der Waals surface area (Å²) in [5, 5.41) is 6.74. The first-order valence-electron chi connectivity index (χ1n) is 8.11. The lowest BCUT2D eigenvalue weighted by Gasteiger charge is -2.17. The maximum Gasteiger partial charge on any atom is 0.326 e. The van der Waals surface area contributed by atoms with Crippen LogP contribution >= 0.6 is 0 Å². The molecule has 3 N–H and O–H groups in total. The van der Waals surface area contributed by atoms with Gasteiger partial charge in [-0.3, -0.25) is 19.7 Å². The van der Waals surface area contributed by atoms with Crippen molar-refractivity contribution in [1.29, 1.82) is 0 Å². The minimum atomic E-state index is -1.33. The number of rotatable bonds is 6. The van der Waals surface area contributed by atoms with Gasteiger partial charge in [0.25, 0.3) is 11.8 Å². The Morgan fingerprint density at radius 2 is 1.52 bits per heavy atom. The second-order valence-corrected chi connectivity index (χ2v) is 5.40. The highest BCUT2D eigenvalue weighted by Gasteiger charge is 2.26. The first kappa shape index (κ1) is 19.6. The van der Waals surface area contributed by atoms with Crippen molar-refractivity contribution in [2.24, 2.45) is 0 Å². The summed E-state index contributed by atoms with van der Waals surface area (Å²) in [6.07, 6.45) is -1.33. The molecule has 0 aromatic heterocycles. The van der Waals surface area contributed by atoms with Crippen LogP contribution in [0.1, 0.15) is 22.0 Å². The summed E-state index contributed by atoms with van der Waals surface area (Å²) in [5.74, 6) is -2.07. The maximum atomic E-state index is 12.3. The van der Waals surface area contributed by atoms with Crippen LogP contribution in [0, 0.1) is 0 Å². The van der Waals surface area contributed by atoms with Gasteiger partial charge in [-0.05, 0) is 12.1 Å². The van der Waals surface area contributed by atoms with Gasteiger partial charge in [0.2, 0.25) is 6.10 Å². The molecule has 0 spiro atoms. The SMILES string of the molecule is CNC(=O)NC(=O)[C@@H](OC(=O)CNC(=O)c1ccccc1)c1ccccc1. The molecule has 0 bridgehead atoms. The number of esters is 1. The number of carbonyl (C=O) groups is 4. The Balaban J connectivity index is 2.01. The number of carbonyl (C=O) groups excluding carboxylic acids is 4. The number of amides is 4. The smallest absolute Gasteiger partial charge is 0.326 e. The van der Waals surface area contributed by atoms with Crippen molar-refractivity contribution in [2.75, 3.05) is 13.6 Å². The molecular weight excluding hydrogens is 350 g/mol. The third-order valence-corrected chi connectivity index (χ3v) is 3.48. The van der Waals surface area contributed by atoms with Crippen LogP contribution in [0.3, 0.4) is 0 Å². The average Bonchev–Trinajstić information content (AvgIpc) is 2.71. The van der Waals surface area contributed by atoms with Crippen molar-refractivity contribution < 1.29 is 23.9 Å². The predicted molar refractivity (Wildman–Crippen MR) is 96.6 cm³/mol. The predicted octanol–water partition coefficient (Wildman–Crippen LogP) is 1.16. The largest absolute Gasteiger partial charge is 0.446 e. The van der Waals surface area contributed by atoms with Gasteiger partial charge in [0.1, 0.15) is 6.54 Å². The van der Waals surface area contributed by atoms with E-state index in [1.54, 1.807) is 60.7 Å². The lowest BCUT2D eigenvalue weighted by Crippen LogP contribution is -2.42. The first-order valence-corrected chi connectivity index (χ1v) is 8.11. The minimum absolute atomic E-state index is 0.390. The molecule has 2 rings (SSSR count). The Kier molecular flexibility index (Phi) is 7.07. The fraction of sp³-hybridized carbons (Fsp3) is 0.158. The van der Waals surface area contributed by atoms with Gasteiger partial charge in [-0.15, -0.1) is 0 Å². The molecule has 0 radical (unpaired) electrons. The third-order valence-electron chi connectivity index (χ3n) is 3.48. The van der Waals surface area contributed by atoms with Gasteiger partial charge in [-0.2, -0.15) is 0 Å². The Labute approximate surface area is 155 Å². The van der Waals surface area contributed by atoms with E-state index in [2.05, 4.69) is 16.0 Å². The van der Waals surface area contributed by atoms with Gasteiger partial charge in [0.05, 0.1) is 0 Å². The van der Waals surface area contributed by atoms with Crippen molar-refractivity contribution in [3.05, 3.63) is 71.8 Å². The van der Waals surface area contributed by atoms with Crippen LogP contribution in [0.5, 0.6) is 0 Å². The molecule has 0 fully saturated rings. The van der Waals surface area contributed by atoms with E-state index >= 15 is 0 Å². The maximum absolute atomic E-state index is 12.3. The fourth-order valence-corrected chi connectivity index (χ4v) is 2.16. The Morgan fingerprint density at radius 1 is 0.926 bits per heavy atom. The molecule has 0 saturated carbocycles. The van der Waals surface area contributed by atoms with Crippen molar-refractivity contribution >= 4 is 23.8 Å². The van der Waals surface area contributed by atoms with Crippen LogP contribution in [0.4, 0.5) is 4.79 Å². The highest BCUT2D eigenvalue weighted by Crippen LogP contribution is 2.17. The van der Waals surface area contributed by atoms with Crippen LogP contribution in [0.15, 0.2) is 60.7 Å². The lowest BCUT2D eigenvalue weighted by atomic mass is 10.1. The average molecular weight is 369 g/mol. The topological polar surface area (TPSA) is 114 Å². The van der Waals surface area contributed by atoms with Crippen LogP contribution in [0.2, 0.25) is 0 Å². The molecule has 140 valence electrons. The highest BCUT2D eigenvalue weighted by molar-refractivity contribution is 5.98. The van der Waals surface area contributed by atoms with Crippen LogP contribution < -0.4 is 16.0 Å². The fourth-order valence-electron chi connectivity index (χ4n) is 2.16. The van der Waals surface area contributed by atoms with E-state index in [4.69, 9.17) is 4.74 Å². The van der Waals surface area contributed by atoms with Gasteiger partial charge in [0, 0.05) is 18.2 Å². The van der Waals surface area contributed by atoms with Gasteiger partial charge >= 0.3 is 12.0 Å². The van der Waals surface area contributed by atoms with Crippen molar-refractivity contribution in [3.8, 4) is 0 Å². The van der Waals surface area contributed by atoms with E-state index in [9.17, 15) is 19.2 Å². The standard InChI is InChI=1S/C19H19N3O5/c1-20-19(26)22-18(25)16(13-8-4-2-5-9-13)27-15(23)12-21-17(24)14-10-6-3-7-11-14/h2-11,16H,12H2,1H3,(H,21,24)(H2,20,22,25,26)/t16-/m0/s1. The summed E-state index contributed by atoms with van der Waals surface area (Å²) < 4.78 is 5.18. The number of nitrogens with one attached hydrogen (secondary N) is 3. The zero-order valence-electron chi connectivity index (χ0n) is 14.6. The molecular formula is C19H19N3O5. The summed E-state index contributed by atoms with van der Waals surface area (Å²) >= 11 is 0. The summed E-state index contributed by atoms with van der Waals surface area (Å²) in [7, 11) is 1.35. The summed E-state index contributed by atoms with van der Waals surface area (Å²) in [6, 6.07) is 15.9. The molecule has 0 aliphatic rings. The van der Waals surface area contributed by atoms with Gasteiger partial charge in [-0.25, -0.2) is 4.79 Å². The molecule has 1 atom stereocenters. The van der Waals surface area contributed by atoms with E-state index in [0.717, 1.165) is 0 Å². The second-order valence-electron chi connectivity index (χ2n) is 5.40. The second kappa shape index (κ2) is 9.71. The Hall–Kier alpha value is -3.68. The molecule has 8 nitrogen and oxygen atoms in total. The molecule has 0 unspecified atom stereocenters. The zero-order chi connectivity index (χ0) is 19.6. The number of urea groups is 1.